The second kappa shape index (κ2) is 5.58. The zero-order chi connectivity index (χ0) is 11.2. The predicted molar refractivity (Wildman–Crippen MR) is 68.5 cm³/mol. The second-order valence-electron chi connectivity index (χ2n) is 4.20. The summed E-state index contributed by atoms with van der Waals surface area (Å²) in [7, 11) is 0. The highest BCUT2D eigenvalue weighted by atomic mass is 15.1. The van der Waals surface area contributed by atoms with Gasteiger partial charge in [0.1, 0.15) is 0 Å². The number of benzene rings is 1. The van der Waals surface area contributed by atoms with Crippen molar-refractivity contribution in [3.8, 4) is 12.3 Å². The second-order valence-corrected chi connectivity index (χ2v) is 4.20. The number of rotatable bonds is 4. The molecule has 1 heterocycles. The molecule has 0 radical (unpaired) electrons. The first-order valence-corrected chi connectivity index (χ1v) is 5.91. The molecule has 0 bridgehead atoms. The lowest BCUT2D eigenvalue weighted by molar-refractivity contribution is 0.352. The Morgan fingerprint density at radius 3 is 2.88 bits per heavy atom. The molecule has 1 N–H and O–H groups in total. The Balaban J connectivity index is 1.78. The van der Waals surface area contributed by atoms with Gasteiger partial charge in [0.15, 0.2) is 0 Å². The van der Waals surface area contributed by atoms with E-state index in [-0.39, 0.29) is 0 Å². The van der Waals surface area contributed by atoms with Gasteiger partial charge in [0.05, 0.1) is 0 Å². The average molecular weight is 214 g/mol. The molecule has 0 unspecified atom stereocenters. The van der Waals surface area contributed by atoms with Crippen LogP contribution in [-0.4, -0.2) is 31.1 Å². The quantitative estimate of drug-likeness (QED) is 0.773. The predicted octanol–water partition coefficient (Wildman–Crippen LogP) is 2.18. The van der Waals surface area contributed by atoms with Crippen molar-refractivity contribution in [1.82, 2.24) is 4.90 Å². The molecular formula is C14H18N2. The van der Waals surface area contributed by atoms with Crippen LogP contribution in [0.3, 0.4) is 0 Å². The molecule has 2 nitrogen and oxygen atoms in total. The summed E-state index contributed by atoms with van der Waals surface area (Å²) in [6.45, 7) is 4.63. The van der Waals surface area contributed by atoms with E-state index < -0.39 is 0 Å². The largest absolute Gasteiger partial charge is 0.384 e. The summed E-state index contributed by atoms with van der Waals surface area (Å²) in [5, 5.41) is 3.41. The minimum atomic E-state index is 0.936. The van der Waals surface area contributed by atoms with E-state index in [2.05, 4.69) is 22.2 Å². The van der Waals surface area contributed by atoms with Gasteiger partial charge in [0.25, 0.3) is 0 Å². The summed E-state index contributed by atoms with van der Waals surface area (Å²) in [5.74, 6) is 2.65. The summed E-state index contributed by atoms with van der Waals surface area (Å²) in [4.78, 5) is 2.50. The molecule has 1 aromatic rings. The van der Waals surface area contributed by atoms with Crippen molar-refractivity contribution in [3.05, 3.63) is 29.8 Å². The Bertz CT molecular complexity index is 373. The molecule has 0 aromatic heterocycles. The Morgan fingerprint density at radius 2 is 2.12 bits per heavy atom. The minimum Gasteiger partial charge on any atom is -0.384 e. The number of terminal acetylenes is 1. The zero-order valence-electron chi connectivity index (χ0n) is 9.58. The highest BCUT2D eigenvalue weighted by Gasteiger charge is 2.09. The maximum atomic E-state index is 5.36. The van der Waals surface area contributed by atoms with E-state index >= 15 is 0 Å². The number of nitrogens with zero attached hydrogens (tertiary/aromatic N) is 1. The van der Waals surface area contributed by atoms with E-state index in [1.807, 2.05) is 18.2 Å². The first-order chi connectivity index (χ1) is 7.88. The fourth-order valence-electron chi connectivity index (χ4n) is 2.08. The highest BCUT2D eigenvalue weighted by molar-refractivity contribution is 5.49. The van der Waals surface area contributed by atoms with Crippen LogP contribution in [0.5, 0.6) is 0 Å². The van der Waals surface area contributed by atoms with Crippen LogP contribution in [0.15, 0.2) is 24.3 Å². The molecule has 1 aliphatic rings. The topological polar surface area (TPSA) is 15.3 Å². The summed E-state index contributed by atoms with van der Waals surface area (Å²) in [6.07, 6.45) is 8.07. The molecule has 1 aromatic carbocycles. The maximum absolute atomic E-state index is 5.36. The van der Waals surface area contributed by atoms with E-state index in [4.69, 9.17) is 6.42 Å². The fraction of sp³-hybridized carbons (Fsp3) is 0.429. The van der Waals surface area contributed by atoms with Gasteiger partial charge >= 0.3 is 0 Å². The highest BCUT2D eigenvalue weighted by Crippen LogP contribution is 2.10. The van der Waals surface area contributed by atoms with Crippen LogP contribution < -0.4 is 5.32 Å². The number of anilines is 1. The molecule has 2 heteroatoms. The Kier molecular flexibility index (Phi) is 3.85. The van der Waals surface area contributed by atoms with Crippen LogP contribution in [0.4, 0.5) is 5.69 Å². The third-order valence-corrected chi connectivity index (χ3v) is 2.99. The smallest absolute Gasteiger partial charge is 0.0353 e. The van der Waals surface area contributed by atoms with Crippen molar-refractivity contribution < 1.29 is 0 Å². The molecular weight excluding hydrogens is 196 g/mol. The third-order valence-electron chi connectivity index (χ3n) is 2.99. The minimum absolute atomic E-state index is 0.936. The Hall–Kier alpha value is -1.46. The van der Waals surface area contributed by atoms with Gasteiger partial charge in [-0.3, -0.25) is 0 Å². The first-order valence-electron chi connectivity index (χ1n) is 5.91. The standard InChI is InChI=1S/C14H18N2/c1-2-13-6-5-7-14(12-13)15-8-11-16-9-3-4-10-16/h1,5-7,12,15H,3-4,8-11H2. The normalized spacial score (nSPS) is 15.9. The van der Waals surface area contributed by atoms with Gasteiger partial charge in [-0.1, -0.05) is 12.0 Å². The third kappa shape index (κ3) is 3.01. The fourth-order valence-corrected chi connectivity index (χ4v) is 2.08. The lowest BCUT2D eigenvalue weighted by Gasteiger charge is -2.15. The van der Waals surface area contributed by atoms with Gasteiger partial charge in [0, 0.05) is 24.3 Å². The van der Waals surface area contributed by atoms with Crippen LogP contribution in [0.2, 0.25) is 0 Å². The van der Waals surface area contributed by atoms with E-state index in [1.54, 1.807) is 0 Å². The van der Waals surface area contributed by atoms with Crippen LogP contribution in [0, 0.1) is 12.3 Å². The first kappa shape index (κ1) is 11.0. The van der Waals surface area contributed by atoms with Crippen LogP contribution in [0.25, 0.3) is 0 Å². The Morgan fingerprint density at radius 1 is 1.31 bits per heavy atom. The number of likely N-dealkylation sites (tertiary alicyclic amines) is 1. The van der Waals surface area contributed by atoms with Crippen LogP contribution in [-0.2, 0) is 0 Å². The van der Waals surface area contributed by atoms with Crippen molar-refractivity contribution in [2.45, 2.75) is 12.8 Å². The van der Waals surface area contributed by atoms with Crippen molar-refractivity contribution in [3.63, 3.8) is 0 Å². The van der Waals surface area contributed by atoms with E-state index in [0.29, 0.717) is 0 Å². The molecule has 0 amide bonds. The van der Waals surface area contributed by atoms with Gasteiger partial charge in [-0.05, 0) is 44.1 Å². The van der Waals surface area contributed by atoms with Crippen molar-refractivity contribution in [1.29, 1.82) is 0 Å². The number of hydrogen-bond donors (Lipinski definition) is 1. The van der Waals surface area contributed by atoms with E-state index in [9.17, 15) is 0 Å². The molecule has 0 atom stereocenters. The lowest BCUT2D eigenvalue weighted by Crippen LogP contribution is -2.25. The average Bonchev–Trinajstić information content (AvgIpc) is 2.82. The van der Waals surface area contributed by atoms with Gasteiger partial charge < -0.3 is 10.2 Å². The molecule has 1 saturated heterocycles. The van der Waals surface area contributed by atoms with Crippen molar-refractivity contribution in [2.75, 3.05) is 31.5 Å². The van der Waals surface area contributed by atoms with Gasteiger partial charge in [0.2, 0.25) is 0 Å². The summed E-state index contributed by atoms with van der Waals surface area (Å²) in [5.41, 5.74) is 2.06. The summed E-state index contributed by atoms with van der Waals surface area (Å²) < 4.78 is 0. The molecule has 0 spiro atoms. The van der Waals surface area contributed by atoms with Crippen molar-refractivity contribution in [2.24, 2.45) is 0 Å². The molecule has 2 rings (SSSR count). The van der Waals surface area contributed by atoms with Crippen LogP contribution in [0.1, 0.15) is 18.4 Å². The van der Waals surface area contributed by atoms with E-state index in [1.165, 1.54) is 25.9 Å². The molecule has 84 valence electrons. The number of nitrogens with one attached hydrogen (secondary N) is 1. The van der Waals surface area contributed by atoms with Crippen LogP contribution >= 0.6 is 0 Å². The van der Waals surface area contributed by atoms with Gasteiger partial charge in [-0.15, -0.1) is 6.42 Å². The van der Waals surface area contributed by atoms with Gasteiger partial charge in [-0.2, -0.15) is 0 Å². The summed E-state index contributed by atoms with van der Waals surface area (Å²) in [6, 6.07) is 8.02. The SMILES string of the molecule is C#Cc1cccc(NCCN2CCCC2)c1. The molecule has 0 saturated carbocycles. The monoisotopic (exact) mass is 214 g/mol. The zero-order valence-corrected chi connectivity index (χ0v) is 9.58. The molecule has 16 heavy (non-hydrogen) atoms. The maximum Gasteiger partial charge on any atom is 0.0353 e. The molecule has 0 aliphatic carbocycles. The summed E-state index contributed by atoms with van der Waals surface area (Å²) >= 11 is 0. The lowest BCUT2D eigenvalue weighted by atomic mass is 10.2. The molecule has 1 aliphatic heterocycles. The van der Waals surface area contributed by atoms with Crippen molar-refractivity contribution >= 4 is 5.69 Å². The van der Waals surface area contributed by atoms with E-state index in [0.717, 1.165) is 24.3 Å². The Labute approximate surface area is 97.7 Å². The number of hydrogen-bond acceptors (Lipinski definition) is 2. The molecule has 1 fully saturated rings. The van der Waals surface area contributed by atoms with Gasteiger partial charge in [-0.25, -0.2) is 0 Å².